The summed E-state index contributed by atoms with van der Waals surface area (Å²) in [6.45, 7) is 3.68. The van der Waals surface area contributed by atoms with Crippen LogP contribution >= 0.6 is 0 Å². The van der Waals surface area contributed by atoms with Gasteiger partial charge in [0, 0.05) is 18.6 Å². The summed E-state index contributed by atoms with van der Waals surface area (Å²) in [6.07, 6.45) is 6.61. The Hall–Kier alpha value is -1.06. The molecule has 3 heteroatoms. The summed E-state index contributed by atoms with van der Waals surface area (Å²) in [7, 11) is 1.72. The van der Waals surface area contributed by atoms with Crippen LogP contribution in [0.2, 0.25) is 0 Å². The highest BCUT2D eigenvalue weighted by Crippen LogP contribution is 2.25. The summed E-state index contributed by atoms with van der Waals surface area (Å²) < 4.78 is 5.21. The lowest BCUT2D eigenvalue weighted by atomic mass is 10.0. The van der Waals surface area contributed by atoms with Crippen LogP contribution in [0.1, 0.15) is 31.2 Å². The van der Waals surface area contributed by atoms with E-state index in [2.05, 4.69) is 34.5 Å². The molecule has 2 unspecified atom stereocenters. The van der Waals surface area contributed by atoms with Crippen LogP contribution in [0.4, 0.5) is 0 Å². The molecule has 2 aliphatic rings. The van der Waals surface area contributed by atoms with E-state index >= 15 is 0 Å². The summed E-state index contributed by atoms with van der Waals surface area (Å²) in [5.74, 6) is 0.947. The zero-order valence-electron chi connectivity index (χ0n) is 12.5. The number of benzene rings is 1. The molecule has 0 aromatic heterocycles. The van der Waals surface area contributed by atoms with Gasteiger partial charge in [-0.15, -0.1) is 0 Å². The molecule has 110 valence electrons. The minimum absolute atomic E-state index is 0.744. The Kier molecular flexibility index (Phi) is 4.58. The molecule has 0 radical (unpaired) electrons. The Morgan fingerprint density at radius 2 is 2.05 bits per heavy atom. The van der Waals surface area contributed by atoms with Crippen LogP contribution in [0.3, 0.4) is 0 Å². The lowest BCUT2D eigenvalue weighted by Crippen LogP contribution is -2.44. The van der Waals surface area contributed by atoms with E-state index in [-0.39, 0.29) is 0 Å². The molecule has 0 amide bonds. The SMILES string of the molecule is COc1ccc(CCN2CCCC2C2CCCN2)cc1. The number of rotatable bonds is 5. The quantitative estimate of drug-likeness (QED) is 0.892. The van der Waals surface area contributed by atoms with E-state index in [1.807, 2.05) is 0 Å². The molecule has 3 nitrogen and oxygen atoms in total. The predicted molar refractivity (Wildman–Crippen MR) is 82.3 cm³/mol. The highest BCUT2D eigenvalue weighted by atomic mass is 16.5. The number of nitrogens with zero attached hydrogens (tertiary/aromatic N) is 1. The lowest BCUT2D eigenvalue weighted by Gasteiger charge is -2.29. The van der Waals surface area contributed by atoms with Gasteiger partial charge >= 0.3 is 0 Å². The topological polar surface area (TPSA) is 24.5 Å². The standard InChI is InChI=1S/C17H26N2O/c1-20-15-8-6-14(7-9-15)10-13-19-12-3-5-17(19)16-4-2-11-18-16/h6-9,16-18H,2-5,10-13H2,1H3. The van der Waals surface area contributed by atoms with E-state index in [0.29, 0.717) is 0 Å². The molecular formula is C17H26N2O. The summed E-state index contributed by atoms with van der Waals surface area (Å²) in [5, 5.41) is 3.68. The van der Waals surface area contributed by atoms with Crippen molar-refractivity contribution < 1.29 is 4.74 Å². The number of hydrogen-bond donors (Lipinski definition) is 1. The fourth-order valence-corrected chi connectivity index (χ4v) is 3.69. The molecular weight excluding hydrogens is 248 g/mol. The molecule has 0 saturated carbocycles. The Labute approximate surface area is 122 Å². The van der Waals surface area contributed by atoms with Crippen molar-refractivity contribution in [1.82, 2.24) is 10.2 Å². The number of likely N-dealkylation sites (tertiary alicyclic amines) is 1. The van der Waals surface area contributed by atoms with Gasteiger partial charge in [0.1, 0.15) is 5.75 Å². The van der Waals surface area contributed by atoms with E-state index in [4.69, 9.17) is 4.74 Å². The maximum atomic E-state index is 5.21. The smallest absolute Gasteiger partial charge is 0.118 e. The second-order valence-corrected chi connectivity index (χ2v) is 6.05. The molecule has 2 atom stereocenters. The zero-order valence-corrected chi connectivity index (χ0v) is 12.5. The van der Waals surface area contributed by atoms with Crippen LogP contribution in [-0.4, -0.2) is 43.7 Å². The van der Waals surface area contributed by atoms with E-state index < -0.39 is 0 Å². The Morgan fingerprint density at radius 3 is 2.75 bits per heavy atom. The third-order valence-electron chi connectivity index (χ3n) is 4.82. The Morgan fingerprint density at radius 1 is 1.20 bits per heavy atom. The van der Waals surface area contributed by atoms with Gasteiger partial charge in [-0.25, -0.2) is 0 Å². The monoisotopic (exact) mass is 274 g/mol. The predicted octanol–water partition coefficient (Wildman–Crippen LogP) is 2.45. The molecule has 2 saturated heterocycles. The van der Waals surface area contributed by atoms with Gasteiger partial charge in [0.05, 0.1) is 7.11 Å². The second-order valence-electron chi connectivity index (χ2n) is 6.05. The lowest BCUT2D eigenvalue weighted by molar-refractivity contribution is 0.217. The van der Waals surface area contributed by atoms with Crippen LogP contribution in [0.15, 0.2) is 24.3 Å². The zero-order chi connectivity index (χ0) is 13.8. The molecule has 0 aliphatic carbocycles. The van der Waals surface area contributed by atoms with Gasteiger partial charge in [-0.1, -0.05) is 12.1 Å². The van der Waals surface area contributed by atoms with E-state index in [1.165, 1.54) is 50.9 Å². The first-order chi connectivity index (χ1) is 9.86. The van der Waals surface area contributed by atoms with E-state index in [9.17, 15) is 0 Å². The van der Waals surface area contributed by atoms with Crippen molar-refractivity contribution in [1.29, 1.82) is 0 Å². The van der Waals surface area contributed by atoms with Crippen LogP contribution in [-0.2, 0) is 6.42 Å². The Balaban J connectivity index is 1.53. The summed E-state index contributed by atoms with van der Waals surface area (Å²) in [6, 6.07) is 10.0. The van der Waals surface area contributed by atoms with Crippen molar-refractivity contribution in [2.45, 2.75) is 44.2 Å². The van der Waals surface area contributed by atoms with Crippen molar-refractivity contribution in [2.24, 2.45) is 0 Å². The minimum Gasteiger partial charge on any atom is -0.497 e. The molecule has 2 aliphatic heterocycles. The average Bonchev–Trinajstić information content (AvgIpc) is 3.16. The van der Waals surface area contributed by atoms with Crippen LogP contribution in [0.25, 0.3) is 0 Å². The maximum Gasteiger partial charge on any atom is 0.118 e. The normalized spacial score (nSPS) is 27.1. The number of nitrogens with one attached hydrogen (secondary N) is 1. The fourth-order valence-electron chi connectivity index (χ4n) is 3.69. The third kappa shape index (κ3) is 3.15. The van der Waals surface area contributed by atoms with Gasteiger partial charge in [-0.2, -0.15) is 0 Å². The van der Waals surface area contributed by atoms with E-state index in [1.54, 1.807) is 7.11 Å². The number of hydrogen-bond acceptors (Lipinski definition) is 3. The molecule has 1 aromatic rings. The summed E-state index contributed by atoms with van der Waals surface area (Å²) in [5.41, 5.74) is 1.41. The summed E-state index contributed by atoms with van der Waals surface area (Å²) in [4.78, 5) is 2.70. The summed E-state index contributed by atoms with van der Waals surface area (Å²) >= 11 is 0. The largest absolute Gasteiger partial charge is 0.497 e. The average molecular weight is 274 g/mol. The first-order valence-electron chi connectivity index (χ1n) is 7.97. The molecule has 2 fully saturated rings. The van der Waals surface area contributed by atoms with Gasteiger partial charge in [-0.3, -0.25) is 4.90 Å². The highest BCUT2D eigenvalue weighted by Gasteiger charge is 2.32. The number of ether oxygens (including phenoxy) is 1. The van der Waals surface area contributed by atoms with Gasteiger partial charge in [-0.05, 0) is 62.9 Å². The van der Waals surface area contributed by atoms with Gasteiger partial charge < -0.3 is 10.1 Å². The molecule has 0 spiro atoms. The van der Waals surface area contributed by atoms with Gasteiger partial charge in [0.2, 0.25) is 0 Å². The van der Waals surface area contributed by atoms with Crippen molar-refractivity contribution in [3.05, 3.63) is 29.8 Å². The highest BCUT2D eigenvalue weighted by molar-refractivity contribution is 5.27. The molecule has 20 heavy (non-hydrogen) atoms. The maximum absolute atomic E-state index is 5.21. The first-order valence-corrected chi connectivity index (χ1v) is 7.97. The number of methoxy groups -OCH3 is 1. The molecule has 2 heterocycles. The van der Waals surface area contributed by atoms with Crippen molar-refractivity contribution in [3.63, 3.8) is 0 Å². The fraction of sp³-hybridized carbons (Fsp3) is 0.647. The Bertz CT molecular complexity index is 412. The van der Waals surface area contributed by atoms with Gasteiger partial charge in [0.15, 0.2) is 0 Å². The molecule has 0 bridgehead atoms. The van der Waals surface area contributed by atoms with Crippen molar-refractivity contribution in [2.75, 3.05) is 26.7 Å². The van der Waals surface area contributed by atoms with Crippen LogP contribution in [0.5, 0.6) is 5.75 Å². The van der Waals surface area contributed by atoms with Crippen LogP contribution < -0.4 is 10.1 Å². The van der Waals surface area contributed by atoms with Crippen molar-refractivity contribution in [3.8, 4) is 5.75 Å². The molecule has 1 N–H and O–H groups in total. The van der Waals surface area contributed by atoms with E-state index in [0.717, 1.165) is 24.3 Å². The molecule has 1 aromatic carbocycles. The minimum atomic E-state index is 0.744. The molecule has 3 rings (SSSR count). The second kappa shape index (κ2) is 6.59. The third-order valence-corrected chi connectivity index (χ3v) is 4.82. The van der Waals surface area contributed by atoms with Crippen molar-refractivity contribution >= 4 is 0 Å². The first kappa shape index (κ1) is 13.9. The van der Waals surface area contributed by atoms with Crippen LogP contribution in [0, 0.1) is 0 Å². The van der Waals surface area contributed by atoms with Gasteiger partial charge in [0.25, 0.3) is 0 Å².